The third kappa shape index (κ3) is 5.23. The number of aliphatic hydroxyl groups is 5. The Labute approximate surface area is 136 Å². The summed E-state index contributed by atoms with van der Waals surface area (Å²) in [5.41, 5.74) is -1.38. The van der Waals surface area contributed by atoms with E-state index in [0.29, 0.717) is 11.8 Å². The van der Waals surface area contributed by atoms with E-state index in [9.17, 15) is 28.9 Å². The molecule has 136 valence electrons. The highest BCUT2D eigenvalue weighted by atomic mass is 32.2. The largest absolute Gasteiger partial charge is 0.605 e. The van der Waals surface area contributed by atoms with Crippen LogP contribution in [0.25, 0.3) is 0 Å². The lowest BCUT2D eigenvalue weighted by molar-refractivity contribution is -0.290. The van der Waals surface area contributed by atoms with Crippen molar-refractivity contribution < 1.29 is 47.4 Å². The standard InChI is InChI=1S/C10H19NO10S2/c12-3-1-2-6(11(17)23(18,19)20)22-10-9(16)8(15)7(14)5(4-13)21-10/h5,7-10,12-16H,1-4H2,(H,18,19,20). The molecule has 11 nitrogen and oxygen atoms in total. The summed E-state index contributed by atoms with van der Waals surface area (Å²) in [4.78, 5) is 0. The third-order valence-corrected chi connectivity index (χ3v) is 5.08. The van der Waals surface area contributed by atoms with Gasteiger partial charge in [0.25, 0.3) is 0 Å². The average Bonchev–Trinajstić information content (AvgIpc) is 2.49. The van der Waals surface area contributed by atoms with Gasteiger partial charge in [0.2, 0.25) is 5.04 Å². The Morgan fingerprint density at radius 3 is 2.26 bits per heavy atom. The van der Waals surface area contributed by atoms with Gasteiger partial charge >= 0.3 is 10.3 Å². The lowest BCUT2D eigenvalue weighted by atomic mass is 10.0. The molecule has 0 spiro atoms. The minimum atomic E-state index is -5.10. The molecule has 0 saturated carbocycles. The molecule has 0 aromatic carbocycles. The first kappa shape index (κ1) is 20.5. The molecule has 0 aliphatic carbocycles. The van der Waals surface area contributed by atoms with Crippen LogP contribution >= 0.6 is 11.8 Å². The van der Waals surface area contributed by atoms with Crippen molar-refractivity contribution in [3.05, 3.63) is 5.21 Å². The lowest BCUT2D eigenvalue weighted by Gasteiger charge is -2.39. The minimum Gasteiger partial charge on any atom is -0.605 e. The van der Waals surface area contributed by atoms with Crippen molar-refractivity contribution >= 4 is 27.1 Å². The fourth-order valence-electron chi connectivity index (χ4n) is 1.85. The molecule has 0 aromatic rings. The highest BCUT2D eigenvalue weighted by molar-refractivity contribution is 8.14. The van der Waals surface area contributed by atoms with Gasteiger partial charge in [-0.15, -0.1) is 8.42 Å². The summed E-state index contributed by atoms with van der Waals surface area (Å²) in [6.45, 7) is -1.05. The molecule has 1 aliphatic heterocycles. The van der Waals surface area contributed by atoms with Crippen molar-refractivity contribution in [3.8, 4) is 0 Å². The van der Waals surface area contributed by atoms with E-state index in [4.69, 9.17) is 19.5 Å². The fraction of sp³-hybridized carbons (Fsp3) is 0.900. The molecule has 23 heavy (non-hydrogen) atoms. The molecule has 1 fully saturated rings. The Balaban J connectivity index is 3.03. The van der Waals surface area contributed by atoms with Gasteiger partial charge in [-0.25, -0.2) is 4.55 Å². The molecule has 0 aromatic heterocycles. The van der Waals surface area contributed by atoms with Gasteiger partial charge in [0.1, 0.15) is 29.9 Å². The van der Waals surface area contributed by atoms with E-state index < -0.39 is 56.0 Å². The van der Waals surface area contributed by atoms with Crippen molar-refractivity contribution in [2.24, 2.45) is 0 Å². The zero-order chi connectivity index (χ0) is 17.8. The van der Waals surface area contributed by atoms with E-state index in [1.807, 2.05) is 0 Å². The second-order valence-electron chi connectivity index (χ2n) is 4.74. The van der Waals surface area contributed by atoms with E-state index in [0.717, 1.165) is 0 Å². The number of nitrogens with zero attached hydrogens (tertiary/aromatic N) is 1. The Kier molecular flexibility index (Phi) is 7.63. The average molecular weight is 377 g/mol. The van der Waals surface area contributed by atoms with Crippen molar-refractivity contribution in [2.45, 2.75) is 42.7 Å². The first-order valence-electron chi connectivity index (χ1n) is 6.52. The molecule has 1 heterocycles. The number of aliphatic hydroxyl groups excluding tert-OH is 5. The summed E-state index contributed by atoms with van der Waals surface area (Å²) in [7, 11) is -5.10. The summed E-state index contributed by atoms with van der Waals surface area (Å²) in [5.74, 6) is 0. The van der Waals surface area contributed by atoms with Gasteiger partial charge in [0.05, 0.1) is 6.61 Å². The molecule has 1 aliphatic rings. The predicted octanol–water partition coefficient (Wildman–Crippen LogP) is -3.00. The van der Waals surface area contributed by atoms with Crippen LogP contribution in [0.15, 0.2) is 0 Å². The molecule has 0 radical (unpaired) electrons. The predicted molar refractivity (Wildman–Crippen MR) is 77.9 cm³/mol. The van der Waals surface area contributed by atoms with Crippen LogP contribution in [0.2, 0.25) is 0 Å². The van der Waals surface area contributed by atoms with E-state index in [-0.39, 0.29) is 19.4 Å². The Morgan fingerprint density at radius 1 is 1.17 bits per heavy atom. The highest BCUT2D eigenvalue weighted by Crippen LogP contribution is 2.30. The summed E-state index contributed by atoms with van der Waals surface area (Å²) in [6, 6.07) is 0. The van der Waals surface area contributed by atoms with Crippen LogP contribution in [0.3, 0.4) is 0 Å². The first-order chi connectivity index (χ1) is 10.6. The molecule has 5 unspecified atom stereocenters. The van der Waals surface area contributed by atoms with E-state index in [1.165, 1.54) is 0 Å². The zero-order valence-electron chi connectivity index (χ0n) is 11.8. The van der Waals surface area contributed by atoms with Crippen molar-refractivity contribution in [2.75, 3.05) is 13.2 Å². The van der Waals surface area contributed by atoms with Crippen LogP contribution < -0.4 is 0 Å². The topological polar surface area (TPSA) is 191 Å². The number of hydrogen-bond acceptors (Lipinski definition) is 10. The van der Waals surface area contributed by atoms with Crippen LogP contribution in [0.5, 0.6) is 0 Å². The molecule has 0 amide bonds. The Hall–Kier alpha value is -0.510. The van der Waals surface area contributed by atoms with Gasteiger partial charge in [-0.1, -0.05) is 4.14 Å². The molecule has 5 atom stereocenters. The zero-order valence-corrected chi connectivity index (χ0v) is 13.4. The Morgan fingerprint density at radius 2 is 1.78 bits per heavy atom. The maximum absolute atomic E-state index is 11.6. The number of ether oxygens (including phenoxy) is 1. The van der Waals surface area contributed by atoms with Gasteiger partial charge in [-0.3, -0.25) is 0 Å². The molecule has 6 N–H and O–H groups in total. The second-order valence-corrected chi connectivity index (χ2v) is 7.14. The molecular formula is C10H19NO10S2. The van der Waals surface area contributed by atoms with Crippen LogP contribution in [0.4, 0.5) is 0 Å². The molecular weight excluding hydrogens is 358 g/mol. The maximum atomic E-state index is 11.6. The monoisotopic (exact) mass is 377 g/mol. The number of hydrogen-bond donors (Lipinski definition) is 6. The molecule has 0 bridgehead atoms. The van der Waals surface area contributed by atoms with E-state index in [2.05, 4.69) is 0 Å². The summed E-state index contributed by atoms with van der Waals surface area (Å²) in [5, 5.41) is 58.1. The quantitative estimate of drug-likeness (QED) is 0.0690. The van der Waals surface area contributed by atoms with Crippen LogP contribution in [0, 0.1) is 5.21 Å². The number of rotatable bonds is 6. The van der Waals surface area contributed by atoms with Gasteiger partial charge in [-0.2, -0.15) is 0 Å². The van der Waals surface area contributed by atoms with Crippen LogP contribution in [0.1, 0.15) is 12.8 Å². The summed E-state index contributed by atoms with van der Waals surface area (Å²) >= 11 is 0.399. The minimum absolute atomic E-state index is 0.00594. The maximum Gasteiger partial charge on any atom is 0.518 e. The smallest absolute Gasteiger partial charge is 0.518 e. The van der Waals surface area contributed by atoms with Crippen LogP contribution in [-0.4, -0.2) is 90.8 Å². The molecule has 1 rings (SSSR count). The van der Waals surface area contributed by atoms with Gasteiger partial charge in [0.15, 0.2) is 0 Å². The first-order valence-corrected chi connectivity index (χ1v) is 8.79. The number of thioether (sulfide) groups is 1. The molecule has 1 saturated heterocycles. The van der Waals surface area contributed by atoms with E-state index >= 15 is 0 Å². The third-order valence-electron chi connectivity index (χ3n) is 3.06. The van der Waals surface area contributed by atoms with Crippen molar-refractivity contribution in [1.82, 2.24) is 0 Å². The molecule has 13 heteroatoms. The van der Waals surface area contributed by atoms with Crippen molar-refractivity contribution in [3.63, 3.8) is 0 Å². The lowest BCUT2D eigenvalue weighted by Crippen LogP contribution is -2.57. The van der Waals surface area contributed by atoms with Gasteiger partial charge in [-0.05, 0) is 18.2 Å². The normalized spacial score (nSPS) is 33.4. The highest BCUT2D eigenvalue weighted by Gasteiger charge is 2.45. The van der Waals surface area contributed by atoms with Gasteiger partial charge < -0.3 is 35.5 Å². The second kappa shape index (κ2) is 8.55. The van der Waals surface area contributed by atoms with Crippen molar-refractivity contribution in [1.29, 1.82) is 0 Å². The fourth-order valence-corrected chi connectivity index (χ4v) is 3.73. The summed E-state index contributed by atoms with van der Waals surface area (Å²) < 4.78 is 35.1. The van der Waals surface area contributed by atoms with E-state index in [1.54, 1.807) is 0 Å². The van der Waals surface area contributed by atoms with Crippen LogP contribution in [-0.2, 0) is 15.0 Å². The van der Waals surface area contributed by atoms with Gasteiger partial charge in [0, 0.05) is 13.0 Å². The SMILES string of the molecule is O=S(=O)(O)[N+]([O-])=C(CCCO)SC1OC(CO)C(O)C(O)C1O. The Bertz CT molecular complexity index is 522. The summed E-state index contributed by atoms with van der Waals surface area (Å²) in [6.07, 6.45) is -6.46.